The van der Waals surface area contributed by atoms with Crippen LogP contribution in [0.25, 0.3) is 0 Å². The van der Waals surface area contributed by atoms with E-state index in [0.29, 0.717) is 57.8 Å². The number of hydrogen-bond donors (Lipinski definition) is 0. The van der Waals surface area contributed by atoms with Gasteiger partial charge in [-0.3, -0.25) is 4.31 Å². The van der Waals surface area contributed by atoms with Crippen LogP contribution in [0.15, 0.2) is 29.2 Å². The van der Waals surface area contributed by atoms with Crippen molar-refractivity contribution in [2.75, 3.05) is 42.9 Å². The molecule has 0 aromatic heterocycles. The Labute approximate surface area is 166 Å². The van der Waals surface area contributed by atoms with Gasteiger partial charge >= 0.3 is 0 Å². The van der Waals surface area contributed by atoms with Crippen molar-refractivity contribution in [2.24, 2.45) is 0 Å². The fraction of sp³-hybridized carbons (Fsp3) is 0.667. The van der Waals surface area contributed by atoms with E-state index < -0.39 is 25.8 Å². The lowest BCUT2D eigenvalue weighted by Gasteiger charge is -2.42. The molecule has 4 rings (SSSR count). The summed E-state index contributed by atoms with van der Waals surface area (Å²) in [5.74, 6) is -0.510. The number of benzene rings is 1. The molecule has 3 aliphatic rings. The Morgan fingerprint density at radius 3 is 2.14 bits per heavy atom. The van der Waals surface area contributed by atoms with E-state index in [0.717, 1.165) is 12.8 Å². The number of ether oxygens (including phenoxy) is 2. The van der Waals surface area contributed by atoms with Crippen LogP contribution in [0.2, 0.25) is 0 Å². The molecule has 3 saturated heterocycles. The van der Waals surface area contributed by atoms with E-state index in [-0.39, 0.29) is 10.6 Å². The summed E-state index contributed by atoms with van der Waals surface area (Å²) < 4.78 is 64.8. The molecule has 0 N–H and O–H groups in total. The summed E-state index contributed by atoms with van der Waals surface area (Å²) >= 11 is 0. The van der Waals surface area contributed by atoms with Crippen molar-refractivity contribution in [1.29, 1.82) is 0 Å². The zero-order valence-corrected chi connectivity index (χ0v) is 17.4. The Balaban J connectivity index is 1.48. The molecule has 1 aromatic carbocycles. The third-order valence-corrected chi connectivity index (χ3v) is 9.40. The maximum atomic E-state index is 13.0. The van der Waals surface area contributed by atoms with Crippen LogP contribution in [0.4, 0.5) is 5.69 Å². The second kappa shape index (κ2) is 7.56. The molecule has 1 aromatic rings. The molecule has 28 heavy (non-hydrogen) atoms. The molecule has 3 aliphatic heterocycles. The van der Waals surface area contributed by atoms with Crippen LogP contribution in [-0.2, 0) is 29.5 Å². The summed E-state index contributed by atoms with van der Waals surface area (Å²) in [7, 11) is -6.95. The van der Waals surface area contributed by atoms with Gasteiger partial charge in [-0.25, -0.2) is 16.8 Å². The van der Waals surface area contributed by atoms with E-state index in [4.69, 9.17) is 9.47 Å². The van der Waals surface area contributed by atoms with Gasteiger partial charge in [0.1, 0.15) is 0 Å². The predicted octanol–water partition coefficient (Wildman–Crippen LogP) is 1.53. The van der Waals surface area contributed by atoms with E-state index in [2.05, 4.69) is 0 Å². The van der Waals surface area contributed by atoms with Gasteiger partial charge in [0.2, 0.25) is 20.0 Å². The molecule has 0 radical (unpaired) electrons. The van der Waals surface area contributed by atoms with Gasteiger partial charge in [-0.05, 0) is 43.5 Å². The molecule has 0 aliphatic carbocycles. The third-order valence-electron chi connectivity index (χ3n) is 5.61. The van der Waals surface area contributed by atoms with E-state index in [9.17, 15) is 16.8 Å². The fourth-order valence-electron chi connectivity index (χ4n) is 3.99. The minimum atomic E-state index is -3.64. The monoisotopic (exact) mass is 430 g/mol. The number of hydrogen-bond acceptors (Lipinski definition) is 6. The first-order chi connectivity index (χ1) is 13.3. The highest BCUT2D eigenvalue weighted by Gasteiger charge is 2.41. The average molecular weight is 431 g/mol. The van der Waals surface area contributed by atoms with Gasteiger partial charge in [0.05, 0.1) is 29.5 Å². The van der Waals surface area contributed by atoms with E-state index in [1.165, 1.54) is 20.7 Å². The molecule has 10 heteroatoms. The van der Waals surface area contributed by atoms with Crippen LogP contribution in [-0.4, -0.2) is 65.5 Å². The quantitative estimate of drug-likeness (QED) is 0.722. The van der Waals surface area contributed by atoms with Crippen molar-refractivity contribution < 1.29 is 26.3 Å². The van der Waals surface area contributed by atoms with Gasteiger partial charge < -0.3 is 9.47 Å². The number of nitrogens with zero attached hydrogens (tertiary/aromatic N) is 2. The zero-order chi connectivity index (χ0) is 19.8. The minimum absolute atomic E-state index is 0.132. The van der Waals surface area contributed by atoms with Gasteiger partial charge in [0.15, 0.2) is 5.79 Å². The summed E-state index contributed by atoms with van der Waals surface area (Å²) in [5.41, 5.74) is 0.514. The lowest BCUT2D eigenvalue weighted by molar-refractivity contribution is -0.280. The normalized spacial score (nSPS) is 25.6. The second-order valence-electron chi connectivity index (χ2n) is 7.45. The summed E-state index contributed by atoms with van der Waals surface area (Å²) in [6, 6.07) is 6.14. The topological polar surface area (TPSA) is 93.2 Å². The van der Waals surface area contributed by atoms with Gasteiger partial charge in [0, 0.05) is 32.5 Å². The van der Waals surface area contributed by atoms with Crippen molar-refractivity contribution in [3.8, 4) is 0 Å². The van der Waals surface area contributed by atoms with Crippen LogP contribution in [0.3, 0.4) is 0 Å². The maximum absolute atomic E-state index is 13.0. The second-order valence-corrected chi connectivity index (χ2v) is 11.4. The number of anilines is 1. The largest absolute Gasteiger partial charge is 0.350 e. The summed E-state index contributed by atoms with van der Waals surface area (Å²) in [5, 5.41) is 0. The first kappa shape index (κ1) is 20.1. The highest BCUT2D eigenvalue weighted by Crippen LogP contribution is 2.33. The molecule has 3 heterocycles. The molecule has 0 bridgehead atoms. The molecule has 3 fully saturated rings. The van der Waals surface area contributed by atoms with Gasteiger partial charge in [0.25, 0.3) is 0 Å². The third kappa shape index (κ3) is 3.80. The smallest absolute Gasteiger partial charge is 0.243 e. The minimum Gasteiger partial charge on any atom is -0.350 e. The maximum Gasteiger partial charge on any atom is 0.243 e. The number of piperidine rings is 1. The van der Waals surface area contributed by atoms with E-state index in [1.807, 2.05) is 0 Å². The summed E-state index contributed by atoms with van der Waals surface area (Å²) in [6.45, 7) is 2.40. The molecule has 0 amide bonds. The first-order valence-corrected chi connectivity index (χ1v) is 12.8. The van der Waals surface area contributed by atoms with Crippen molar-refractivity contribution in [3.63, 3.8) is 0 Å². The Morgan fingerprint density at radius 2 is 1.54 bits per heavy atom. The summed E-state index contributed by atoms with van der Waals surface area (Å²) in [6.07, 6.45) is 3.35. The molecule has 0 atom stereocenters. The number of sulfonamides is 2. The highest BCUT2D eigenvalue weighted by molar-refractivity contribution is 7.92. The lowest BCUT2D eigenvalue weighted by Crippen LogP contribution is -2.51. The Hall–Kier alpha value is -1.20. The van der Waals surface area contributed by atoms with Gasteiger partial charge in [-0.1, -0.05) is 0 Å². The molecule has 8 nitrogen and oxygen atoms in total. The van der Waals surface area contributed by atoms with Crippen LogP contribution in [0.5, 0.6) is 0 Å². The van der Waals surface area contributed by atoms with Crippen molar-refractivity contribution >= 4 is 25.7 Å². The van der Waals surface area contributed by atoms with Crippen LogP contribution in [0, 0.1) is 0 Å². The Bertz CT molecular complexity index is 898. The predicted molar refractivity (Wildman–Crippen MR) is 104 cm³/mol. The van der Waals surface area contributed by atoms with E-state index >= 15 is 0 Å². The SMILES string of the molecule is O=S1(=O)CCCCN1c1ccc(S(=O)(=O)N2CCC3(CC2)OCCCO3)cc1. The van der Waals surface area contributed by atoms with Crippen molar-refractivity contribution in [1.82, 2.24) is 4.31 Å². The van der Waals surface area contributed by atoms with Crippen LogP contribution < -0.4 is 4.31 Å². The molecule has 156 valence electrons. The number of rotatable bonds is 3. The molecule has 1 spiro atoms. The lowest BCUT2D eigenvalue weighted by atomic mass is 10.0. The van der Waals surface area contributed by atoms with E-state index in [1.54, 1.807) is 12.1 Å². The van der Waals surface area contributed by atoms with Crippen molar-refractivity contribution in [2.45, 2.75) is 42.8 Å². The summed E-state index contributed by atoms with van der Waals surface area (Å²) in [4.78, 5) is 0.173. The Kier molecular flexibility index (Phi) is 5.43. The fourth-order valence-corrected chi connectivity index (χ4v) is 7.07. The van der Waals surface area contributed by atoms with Gasteiger partial charge in [-0.2, -0.15) is 4.31 Å². The molecular weight excluding hydrogens is 404 g/mol. The van der Waals surface area contributed by atoms with Gasteiger partial charge in [-0.15, -0.1) is 0 Å². The van der Waals surface area contributed by atoms with Crippen LogP contribution in [0.1, 0.15) is 32.1 Å². The van der Waals surface area contributed by atoms with Crippen molar-refractivity contribution in [3.05, 3.63) is 24.3 Å². The zero-order valence-electron chi connectivity index (χ0n) is 15.7. The Morgan fingerprint density at radius 1 is 0.893 bits per heavy atom. The highest BCUT2D eigenvalue weighted by atomic mass is 32.2. The van der Waals surface area contributed by atoms with Crippen LogP contribution >= 0.6 is 0 Å². The standard InChI is InChI=1S/C18H26N2O6S2/c21-27(22)15-2-1-10-20(27)16-4-6-17(7-5-16)28(23,24)19-11-8-18(9-12-19)25-13-3-14-26-18/h4-7H,1-3,8-15H2. The average Bonchev–Trinajstić information content (AvgIpc) is 2.69. The first-order valence-electron chi connectivity index (χ1n) is 9.71. The molecule has 0 saturated carbocycles. The molecular formula is C18H26N2O6S2. The molecule has 0 unspecified atom stereocenters.